The lowest BCUT2D eigenvalue weighted by Crippen LogP contribution is -2.14. The van der Waals surface area contributed by atoms with Crippen molar-refractivity contribution in [3.05, 3.63) is 47.5 Å². The molecule has 1 N–H and O–H groups in total. The highest BCUT2D eigenvalue weighted by molar-refractivity contribution is 7.99. The molecule has 0 unspecified atom stereocenters. The number of hydrogen-bond donors (Lipinski definition) is 1. The Morgan fingerprint density at radius 1 is 1.15 bits per heavy atom. The molecule has 0 atom stereocenters. The van der Waals surface area contributed by atoms with Gasteiger partial charge in [0.1, 0.15) is 11.5 Å². The van der Waals surface area contributed by atoms with E-state index in [0.717, 1.165) is 23.1 Å². The summed E-state index contributed by atoms with van der Waals surface area (Å²) in [6.45, 7) is 0. The number of aromatic nitrogens is 2. The molecule has 140 valence electrons. The van der Waals surface area contributed by atoms with Crippen LogP contribution in [0, 0.1) is 0 Å². The van der Waals surface area contributed by atoms with Crippen LogP contribution in [0.5, 0.6) is 11.5 Å². The Kier molecular flexibility index (Phi) is 6.20. The monoisotopic (exact) mass is 405 g/mol. The number of halogens is 1. The Hall–Kier alpha value is -2.71. The molecule has 0 aliphatic carbocycles. The molecular weight excluding hydrogens is 390 g/mol. The van der Waals surface area contributed by atoms with E-state index in [0.29, 0.717) is 27.6 Å². The zero-order valence-electron chi connectivity index (χ0n) is 14.6. The standard InChI is InChI=1S/C18H16ClN3O4S/c1-24-13-6-3-11(4-7-13)17-21-22-18(26-17)27-10-16(23)20-14-9-12(19)5-8-15(14)25-2/h3-9H,10H2,1-2H3,(H,20,23). The topological polar surface area (TPSA) is 86.5 Å². The second kappa shape index (κ2) is 8.79. The third-order valence-corrected chi connectivity index (χ3v) is 4.56. The summed E-state index contributed by atoms with van der Waals surface area (Å²) in [7, 11) is 3.12. The second-order valence-electron chi connectivity index (χ2n) is 5.28. The van der Waals surface area contributed by atoms with E-state index in [4.69, 9.17) is 25.5 Å². The molecule has 0 saturated heterocycles. The first-order valence-corrected chi connectivity index (χ1v) is 9.19. The van der Waals surface area contributed by atoms with Crippen LogP contribution in [0.3, 0.4) is 0 Å². The van der Waals surface area contributed by atoms with Gasteiger partial charge in [-0.25, -0.2) is 0 Å². The van der Waals surface area contributed by atoms with Gasteiger partial charge in [-0.3, -0.25) is 4.79 Å². The van der Waals surface area contributed by atoms with E-state index in [9.17, 15) is 4.79 Å². The summed E-state index contributed by atoms with van der Waals surface area (Å²) < 4.78 is 15.9. The quantitative estimate of drug-likeness (QED) is 0.591. The molecule has 7 nitrogen and oxygen atoms in total. The lowest BCUT2D eigenvalue weighted by atomic mass is 10.2. The SMILES string of the molecule is COc1ccc(-c2nnc(SCC(=O)Nc3cc(Cl)ccc3OC)o2)cc1. The van der Waals surface area contributed by atoms with E-state index in [1.807, 2.05) is 12.1 Å². The van der Waals surface area contributed by atoms with Crippen molar-refractivity contribution in [3.8, 4) is 23.0 Å². The summed E-state index contributed by atoms with van der Waals surface area (Å²) in [4.78, 5) is 12.2. The molecule has 2 aromatic carbocycles. The number of anilines is 1. The van der Waals surface area contributed by atoms with Gasteiger partial charge in [-0.15, -0.1) is 10.2 Å². The summed E-state index contributed by atoms with van der Waals surface area (Å²) >= 11 is 7.09. The van der Waals surface area contributed by atoms with Gasteiger partial charge in [-0.1, -0.05) is 23.4 Å². The summed E-state index contributed by atoms with van der Waals surface area (Å²) in [5.41, 5.74) is 1.27. The van der Waals surface area contributed by atoms with Gasteiger partial charge in [0.05, 0.1) is 25.7 Å². The fraction of sp³-hybridized carbons (Fsp3) is 0.167. The van der Waals surface area contributed by atoms with Gasteiger partial charge in [0, 0.05) is 10.6 Å². The van der Waals surface area contributed by atoms with Crippen LogP contribution < -0.4 is 14.8 Å². The smallest absolute Gasteiger partial charge is 0.277 e. The fourth-order valence-corrected chi connectivity index (χ4v) is 2.95. The zero-order valence-corrected chi connectivity index (χ0v) is 16.1. The predicted molar refractivity (Wildman–Crippen MR) is 104 cm³/mol. The molecule has 0 bridgehead atoms. The third kappa shape index (κ3) is 4.93. The molecule has 3 rings (SSSR count). The average molecular weight is 406 g/mol. The molecule has 0 aliphatic heterocycles. The van der Waals surface area contributed by atoms with Gasteiger partial charge in [0.25, 0.3) is 5.22 Å². The maximum absolute atomic E-state index is 12.2. The van der Waals surface area contributed by atoms with Crippen molar-refractivity contribution < 1.29 is 18.7 Å². The Bertz CT molecular complexity index is 931. The van der Waals surface area contributed by atoms with Gasteiger partial charge >= 0.3 is 0 Å². The van der Waals surface area contributed by atoms with E-state index >= 15 is 0 Å². The Labute approximate surface area is 165 Å². The molecule has 1 amide bonds. The fourth-order valence-electron chi connectivity index (χ4n) is 2.21. The molecule has 3 aromatic rings. The Morgan fingerprint density at radius 3 is 2.63 bits per heavy atom. The summed E-state index contributed by atoms with van der Waals surface area (Å²) in [5, 5.41) is 11.5. The van der Waals surface area contributed by atoms with Crippen molar-refractivity contribution in [1.82, 2.24) is 10.2 Å². The minimum absolute atomic E-state index is 0.0971. The Morgan fingerprint density at radius 2 is 1.93 bits per heavy atom. The van der Waals surface area contributed by atoms with Gasteiger partial charge in [0.15, 0.2) is 0 Å². The highest BCUT2D eigenvalue weighted by atomic mass is 35.5. The number of nitrogens with one attached hydrogen (secondary N) is 1. The first-order chi connectivity index (χ1) is 13.1. The van der Waals surface area contributed by atoms with Gasteiger partial charge in [-0.2, -0.15) is 0 Å². The van der Waals surface area contributed by atoms with E-state index in [2.05, 4.69) is 15.5 Å². The zero-order chi connectivity index (χ0) is 19.2. The van der Waals surface area contributed by atoms with Crippen LogP contribution in [-0.2, 0) is 4.79 Å². The highest BCUT2D eigenvalue weighted by Crippen LogP contribution is 2.28. The van der Waals surface area contributed by atoms with Crippen molar-refractivity contribution in [2.75, 3.05) is 25.3 Å². The first kappa shape index (κ1) is 19.1. The number of thioether (sulfide) groups is 1. The van der Waals surface area contributed by atoms with Crippen LogP contribution >= 0.6 is 23.4 Å². The van der Waals surface area contributed by atoms with Gasteiger partial charge in [0.2, 0.25) is 11.8 Å². The van der Waals surface area contributed by atoms with E-state index < -0.39 is 0 Å². The molecular formula is C18H16ClN3O4S. The average Bonchev–Trinajstić information content (AvgIpc) is 3.16. The number of rotatable bonds is 7. The van der Waals surface area contributed by atoms with Crippen molar-refractivity contribution >= 4 is 35.0 Å². The van der Waals surface area contributed by atoms with E-state index in [1.54, 1.807) is 37.4 Å². The highest BCUT2D eigenvalue weighted by Gasteiger charge is 2.13. The van der Waals surface area contributed by atoms with Crippen molar-refractivity contribution in [3.63, 3.8) is 0 Å². The lowest BCUT2D eigenvalue weighted by Gasteiger charge is -2.09. The van der Waals surface area contributed by atoms with Crippen molar-refractivity contribution in [1.29, 1.82) is 0 Å². The predicted octanol–water partition coefficient (Wildman–Crippen LogP) is 4.14. The molecule has 1 heterocycles. The second-order valence-corrected chi connectivity index (χ2v) is 6.65. The van der Waals surface area contributed by atoms with Crippen LogP contribution in [0.15, 0.2) is 52.1 Å². The maximum Gasteiger partial charge on any atom is 0.277 e. The molecule has 9 heteroatoms. The first-order valence-electron chi connectivity index (χ1n) is 7.83. The van der Waals surface area contributed by atoms with Crippen molar-refractivity contribution in [2.45, 2.75) is 5.22 Å². The van der Waals surface area contributed by atoms with Crippen LogP contribution in [0.4, 0.5) is 5.69 Å². The summed E-state index contributed by atoms with van der Waals surface area (Å²) in [6, 6.07) is 12.2. The minimum Gasteiger partial charge on any atom is -0.497 e. The number of hydrogen-bond acceptors (Lipinski definition) is 7. The maximum atomic E-state index is 12.2. The number of carbonyl (C=O) groups excluding carboxylic acids is 1. The summed E-state index contributed by atoms with van der Waals surface area (Å²) in [6.07, 6.45) is 0. The minimum atomic E-state index is -0.246. The number of amides is 1. The molecule has 0 saturated carbocycles. The third-order valence-electron chi connectivity index (χ3n) is 3.51. The molecule has 27 heavy (non-hydrogen) atoms. The van der Waals surface area contributed by atoms with Crippen LogP contribution in [0.2, 0.25) is 5.02 Å². The van der Waals surface area contributed by atoms with Gasteiger partial charge in [-0.05, 0) is 42.5 Å². The molecule has 1 aromatic heterocycles. The largest absolute Gasteiger partial charge is 0.497 e. The number of benzene rings is 2. The number of nitrogens with zero attached hydrogens (tertiary/aromatic N) is 2. The number of carbonyl (C=O) groups is 1. The normalized spacial score (nSPS) is 10.5. The summed E-state index contributed by atoms with van der Waals surface area (Å²) in [5.74, 6) is 1.49. The molecule has 0 radical (unpaired) electrons. The van der Waals surface area contributed by atoms with Crippen LogP contribution in [0.1, 0.15) is 0 Å². The molecule has 0 fully saturated rings. The van der Waals surface area contributed by atoms with E-state index in [1.165, 1.54) is 7.11 Å². The van der Waals surface area contributed by atoms with Crippen molar-refractivity contribution in [2.24, 2.45) is 0 Å². The van der Waals surface area contributed by atoms with Crippen LogP contribution in [-0.4, -0.2) is 36.1 Å². The molecule has 0 aliphatic rings. The van der Waals surface area contributed by atoms with E-state index in [-0.39, 0.29) is 11.7 Å². The number of ether oxygens (including phenoxy) is 2. The number of methoxy groups -OCH3 is 2. The molecule has 0 spiro atoms. The van der Waals surface area contributed by atoms with Crippen LogP contribution in [0.25, 0.3) is 11.5 Å². The van der Waals surface area contributed by atoms with Gasteiger partial charge < -0.3 is 19.2 Å². The lowest BCUT2D eigenvalue weighted by molar-refractivity contribution is -0.113. The Balaban J connectivity index is 1.59.